The number of rotatable bonds is 5. The number of nitrogens with one attached hydrogen (secondary N) is 1. The Bertz CT molecular complexity index is 414. The molecule has 1 N–H and O–H groups in total. The molecule has 2 rings (SSSR count). The Balaban J connectivity index is 1.67. The highest BCUT2D eigenvalue weighted by Crippen LogP contribution is 2.22. The molecule has 1 aromatic rings. The lowest BCUT2D eigenvalue weighted by Gasteiger charge is -2.18. The maximum atomic E-state index is 12.3. The van der Waals surface area contributed by atoms with Crippen molar-refractivity contribution in [2.75, 3.05) is 26.2 Å². The summed E-state index contributed by atoms with van der Waals surface area (Å²) in [5, 5.41) is 3.34. The van der Waals surface area contributed by atoms with E-state index >= 15 is 0 Å². The summed E-state index contributed by atoms with van der Waals surface area (Å²) in [6, 6.07) is 8.29. The molecular weight excluding hydrogens is 265 g/mol. The molecular formula is C15H21F3N2. The van der Waals surface area contributed by atoms with Crippen molar-refractivity contribution in [2.24, 2.45) is 5.92 Å². The first-order chi connectivity index (χ1) is 9.42. The van der Waals surface area contributed by atoms with E-state index in [0.717, 1.165) is 19.5 Å². The van der Waals surface area contributed by atoms with Crippen LogP contribution < -0.4 is 5.32 Å². The molecule has 112 valence electrons. The molecule has 1 atom stereocenters. The first-order valence-electron chi connectivity index (χ1n) is 6.98. The van der Waals surface area contributed by atoms with E-state index in [1.54, 1.807) is 0 Å². The van der Waals surface area contributed by atoms with Crippen molar-refractivity contribution in [3.05, 3.63) is 35.4 Å². The van der Waals surface area contributed by atoms with Crippen LogP contribution in [0.5, 0.6) is 0 Å². The molecule has 0 bridgehead atoms. The smallest absolute Gasteiger partial charge is 0.312 e. The fraction of sp³-hybridized carbons (Fsp3) is 0.600. The van der Waals surface area contributed by atoms with E-state index in [0.29, 0.717) is 19.0 Å². The van der Waals surface area contributed by atoms with E-state index in [9.17, 15) is 13.2 Å². The van der Waals surface area contributed by atoms with Gasteiger partial charge in [0, 0.05) is 13.1 Å². The molecule has 1 aliphatic rings. The predicted octanol–water partition coefficient (Wildman–Crippen LogP) is 2.97. The van der Waals surface area contributed by atoms with Gasteiger partial charge in [0.25, 0.3) is 0 Å². The Labute approximate surface area is 118 Å². The summed E-state index contributed by atoms with van der Waals surface area (Å²) in [7, 11) is 0. The van der Waals surface area contributed by atoms with E-state index in [1.807, 2.05) is 6.92 Å². The number of benzene rings is 1. The maximum absolute atomic E-state index is 12.3. The number of hydrogen-bond acceptors (Lipinski definition) is 2. The minimum absolute atomic E-state index is 0.322. The fourth-order valence-corrected chi connectivity index (χ4v) is 2.60. The zero-order chi connectivity index (χ0) is 14.6. The van der Waals surface area contributed by atoms with Crippen molar-refractivity contribution in [1.29, 1.82) is 0 Å². The van der Waals surface area contributed by atoms with Gasteiger partial charge in [-0.05, 0) is 37.9 Å². The van der Waals surface area contributed by atoms with Gasteiger partial charge in [0.05, 0.1) is 6.54 Å². The van der Waals surface area contributed by atoms with E-state index < -0.39 is 12.7 Å². The van der Waals surface area contributed by atoms with Gasteiger partial charge in [-0.3, -0.25) is 4.90 Å². The van der Waals surface area contributed by atoms with Gasteiger partial charge in [0.2, 0.25) is 0 Å². The normalized spacial score (nSPS) is 20.5. The molecule has 20 heavy (non-hydrogen) atoms. The van der Waals surface area contributed by atoms with Crippen molar-refractivity contribution in [3.8, 4) is 0 Å². The second-order valence-electron chi connectivity index (χ2n) is 5.62. The van der Waals surface area contributed by atoms with Gasteiger partial charge in [-0.1, -0.05) is 29.8 Å². The standard InChI is InChI=1S/C15H21F3N2/c1-12-2-4-13(5-3-12)8-19-9-14-6-7-20(10-14)11-15(16,17)18/h2-5,14,19H,6-11H2,1H3. The highest BCUT2D eigenvalue weighted by Gasteiger charge is 2.34. The molecule has 0 aromatic heterocycles. The minimum Gasteiger partial charge on any atom is -0.312 e. The molecule has 1 aliphatic heterocycles. The SMILES string of the molecule is Cc1ccc(CNCC2CCN(CC(F)(F)F)C2)cc1. The summed E-state index contributed by atoms with van der Waals surface area (Å²) in [6.07, 6.45) is -3.23. The molecule has 1 saturated heterocycles. The molecule has 1 heterocycles. The van der Waals surface area contributed by atoms with Crippen LogP contribution in [0.2, 0.25) is 0 Å². The summed E-state index contributed by atoms with van der Waals surface area (Å²) in [5.74, 6) is 0.322. The van der Waals surface area contributed by atoms with Crippen LogP contribution in [0, 0.1) is 12.8 Å². The molecule has 0 amide bonds. The third-order valence-electron chi connectivity index (χ3n) is 3.66. The molecule has 2 nitrogen and oxygen atoms in total. The Kier molecular flexibility index (Phi) is 5.05. The first-order valence-corrected chi connectivity index (χ1v) is 6.98. The van der Waals surface area contributed by atoms with Gasteiger partial charge in [0.1, 0.15) is 0 Å². The molecule has 1 unspecified atom stereocenters. The van der Waals surface area contributed by atoms with Crippen LogP contribution in [0.25, 0.3) is 0 Å². The zero-order valence-corrected chi connectivity index (χ0v) is 11.7. The lowest BCUT2D eigenvalue weighted by atomic mass is 10.1. The Hall–Kier alpha value is -1.07. The van der Waals surface area contributed by atoms with Gasteiger partial charge in [-0.15, -0.1) is 0 Å². The molecule has 0 spiro atoms. The van der Waals surface area contributed by atoms with Crippen molar-refractivity contribution in [2.45, 2.75) is 26.1 Å². The summed E-state index contributed by atoms with van der Waals surface area (Å²) in [6.45, 7) is 3.92. The number of hydrogen-bond donors (Lipinski definition) is 1. The highest BCUT2D eigenvalue weighted by molar-refractivity contribution is 5.21. The molecule has 5 heteroatoms. The van der Waals surface area contributed by atoms with Gasteiger partial charge < -0.3 is 5.32 Å². The second-order valence-corrected chi connectivity index (χ2v) is 5.62. The average Bonchev–Trinajstić information content (AvgIpc) is 2.77. The summed E-state index contributed by atoms with van der Waals surface area (Å²) < 4.78 is 36.8. The number of alkyl halides is 3. The quantitative estimate of drug-likeness (QED) is 0.895. The third kappa shape index (κ3) is 5.13. The largest absolute Gasteiger partial charge is 0.401 e. The van der Waals surface area contributed by atoms with Crippen LogP contribution in [-0.4, -0.2) is 37.3 Å². The van der Waals surface area contributed by atoms with E-state index in [4.69, 9.17) is 0 Å². The molecule has 0 radical (unpaired) electrons. The Morgan fingerprint density at radius 2 is 1.95 bits per heavy atom. The van der Waals surface area contributed by atoms with E-state index in [-0.39, 0.29) is 0 Å². The summed E-state index contributed by atoms with van der Waals surface area (Å²) in [5.41, 5.74) is 2.44. The van der Waals surface area contributed by atoms with Gasteiger partial charge in [0.15, 0.2) is 0 Å². The van der Waals surface area contributed by atoms with Gasteiger partial charge in [-0.2, -0.15) is 13.2 Å². The number of nitrogens with zero attached hydrogens (tertiary/aromatic N) is 1. The van der Waals surface area contributed by atoms with Crippen molar-refractivity contribution in [1.82, 2.24) is 10.2 Å². The Morgan fingerprint density at radius 1 is 1.25 bits per heavy atom. The van der Waals surface area contributed by atoms with E-state index in [1.165, 1.54) is 16.0 Å². The average molecular weight is 286 g/mol. The van der Waals surface area contributed by atoms with Crippen LogP contribution in [0.3, 0.4) is 0 Å². The van der Waals surface area contributed by atoms with Crippen LogP contribution >= 0.6 is 0 Å². The third-order valence-corrected chi connectivity index (χ3v) is 3.66. The van der Waals surface area contributed by atoms with Crippen molar-refractivity contribution >= 4 is 0 Å². The van der Waals surface area contributed by atoms with Gasteiger partial charge >= 0.3 is 6.18 Å². The van der Waals surface area contributed by atoms with E-state index in [2.05, 4.69) is 29.6 Å². The number of likely N-dealkylation sites (tertiary alicyclic amines) is 1. The summed E-state index contributed by atoms with van der Waals surface area (Å²) >= 11 is 0. The molecule has 0 saturated carbocycles. The Morgan fingerprint density at radius 3 is 2.60 bits per heavy atom. The summed E-state index contributed by atoms with van der Waals surface area (Å²) in [4.78, 5) is 1.50. The fourth-order valence-electron chi connectivity index (χ4n) is 2.60. The van der Waals surface area contributed by atoms with Gasteiger partial charge in [-0.25, -0.2) is 0 Å². The van der Waals surface area contributed by atoms with Crippen LogP contribution in [-0.2, 0) is 6.54 Å². The topological polar surface area (TPSA) is 15.3 Å². The molecule has 1 aromatic carbocycles. The van der Waals surface area contributed by atoms with Crippen LogP contribution in [0.4, 0.5) is 13.2 Å². The monoisotopic (exact) mass is 286 g/mol. The second kappa shape index (κ2) is 6.59. The van der Waals surface area contributed by atoms with Crippen molar-refractivity contribution < 1.29 is 13.2 Å². The first kappa shape index (κ1) is 15.3. The van der Waals surface area contributed by atoms with Crippen LogP contribution in [0.15, 0.2) is 24.3 Å². The maximum Gasteiger partial charge on any atom is 0.401 e. The predicted molar refractivity (Wildman–Crippen MR) is 73.5 cm³/mol. The minimum atomic E-state index is -4.08. The van der Waals surface area contributed by atoms with Crippen LogP contribution in [0.1, 0.15) is 17.5 Å². The van der Waals surface area contributed by atoms with Crippen molar-refractivity contribution in [3.63, 3.8) is 0 Å². The highest BCUT2D eigenvalue weighted by atomic mass is 19.4. The molecule has 0 aliphatic carbocycles. The molecule has 1 fully saturated rings. The zero-order valence-electron chi connectivity index (χ0n) is 11.7. The number of aryl methyl sites for hydroxylation is 1. The number of halogens is 3. The lowest BCUT2D eigenvalue weighted by molar-refractivity contribution is -0.143. The lowest BCUT2D eigenvalue weighted by Crippen LogP contribution is -2.33.